The van der Waals surface area contributed by atoms with Crippen LogP contribution in [0.3, 0.4) is 0 Å². The molecule has 0 amide bonds. The van der Waals surface area contributed by atoms with E-state index < -0.39 is 0 Å². The van der Waals surface area contributed by atoms with E-state index in [1.54, 1.807) is 0 Å². The van der Waals surface area contributed by atoms with Crippen LogP contribution in [0.1, 0.15) is 40.2 Å². The zero-order chi connectivity index (χ0) is 13.6. The van der Waals surface area contributed by atoms with Crippen LogP contribution in [0, 0.1) is 46.0 Å². The van der Waals surface area contributed by atoms with Gasteiger partial charge in [0, 0.05) is 0 Å². The van der Waals surface area contributed by atoms with E-state index in [1.807, 2.05) is 0 Å². The monoisotopic (exact) mass is 250 g/mol. The number of fused-ring (bicyclic) bond motifs is 1. The van der Waals surface area contributed by atoms with E-state index in [-0.39, 0.29) is 0 Å². The Morgan fingerprint density at radius 3 is 2.42 bits per heavy atom. The van der Waals surface area contributed by atoms with Crippen LogP contribution in [-0.4, -0.2) is 0 Å². The van der Waals surface area contributed by atoms with E-state index in [0.29, 0.717) is 17.8 Å². The number of allylic oxidation sites excluding steroid dienone is 4. The maximum Gasteiger partial charge on any atom is -0.00116 e. The first kappa shape index (κ1) is 12.7. The van der Waals surface area contributed by atoms with Crippen LogP contribution >= 0.6 is 0 Å². The standard InChI is InChI=1S/C19H22/c1-12-9-13(2)19(15(4)14(12)3)18-10-16-7-5-6-8-17(16)11-18/h5-9,16-18H,10H2,1-4H3. The minimum absolute atomic E-state index is 0.502. The van der Waals surface area contributed by atoms with Crippen LogP contribution in [0.5, 0.6) is 0 Å². The van der Waals surface area contributed by atoms with Gasteiger partial charge in [-0.05, 0) is 86.1 Å². The Morgan fingerprint density at radius 2 is 1.68 bits per heavy atom. The van der Waals surface area contributed by atoms with Crippen LogP contribution in [0.2, 0.25) is 0 Å². The van der Waals surface area contributed by atoms with Crippen LogP contribution < -0.4 is 0 Å². The van der Waals surface area contributed by atoms with Crippen molar-refractivity contribution < 1.29 is 0 Å². The second-order valence-electron chi connectivity index (χ2n) is 6.09. The molecular weight excluding hydrogens is 228 g/mol. The maximum absolute atomic E-state index is 3.80. The Bertz CT molecular complexity index is 540. The molecule has 0 aromatic heterocycles. The van der Waals surface area contributed by atoms with Gasteiger partial charge in [0.05, 0.1) is 0 Å². The van der Waals surface area contributed by atoms with E-state index in [2.05, 4.69) is 64.5 Å². The van der Waals surface area contributed by atoms with E-state index >= 15 is 0 Å². The normalized spacial score (nSPS) is 28.7. The highest BCUT2D eigenvalue weighted by Gasteiger charge is 2.34. The summed E-state index contributed by atoms with van der Waals surface area (Å²) in [5.41, 5.74) is 7.29. The molecule has 2 radical (unpaired) electrons. The molecule has 0 aliphatic heterocycles. The van der Waals surface area contributed by atoms with Gasteiger partial charge >= 0.3 is 0 Å². The van der Waals surface area contributed by atoms with Gasteiger partial charge < -0.3 is 0 Å². The van der Waals surface area contributed by atoms with Crippen molar-refractivity contribution >= 4 is 0 Å². The molecule has 1 saturated carbocycles. The van der Waals surface area contributed by atoms with Crippen LogP contribution in [0.15, 0.2) is 30.4 Å². The van der Waals surface area contributed by atoms with Crippen molar-refractivity contribution in [2.45, 2.75) is 40.0 Å². The third-order valence-electron chi connectivity index (χ3n) is 4.91. The topological polar surface area (TPSA) is 0 Å². The predicted molar refractivity (Wildman–Crippen MR) is 81.3 cm³/mol. The third-order valence-corrected chi connectivity index (χ3v) is 4.91. The van der Waals surface area contributed by atoms with Gasteiger partial charge in [-0.25, -0.2) is 0 Å². The molecule has 1 aromatic carbocycles. The lowest BCUT2D eigenvalue weighted by Gasteiger charge is -2.20. The summed E-state index contributed by atoms with van der Waals surface area (Å²) in [6.07, 6.45) is 14.0. The molecule has 2 aliphatic rings. The molecular formula is C19H22. The Labute approximate surface area is 117 Å². The zero-order valence-electron chi connectivity index (χ0n) is 12.3. The number of hydrogen-bond donors (Lipinski definition) is 0. The van der Waals surface area contributed by atoms with Gasteiger partial charge in [0.15, 0.2) is 0 Å². The molecule has 3 atom stereocenters. The molecule has 3 rings (SSSR count). The highest BCUT2D eigenvalue weighted by molar-refractivity contribution is 5.48. The molecule has 0 spiro atoms. The first-order valence-electron chi connectivity index (χ1n) is 7.26. The number of aryl methyl sites for hydroxylation is 2. The van der Waals surface area contributed by atoms with Crippen LogP contribution in [0.4, 0.5) is 0 Å². The SMILES string of the molecule is Cc1cc(C)c(C2[C]C3C=CC=CC3C2)c(C)c1C. The summed E-state index contributed by atoms with van der Waals surface area (Å²) >= 11 is 0. The van der Waals surface area contributed by atoms with Gasteiger partial charge in [-0.3, -0.25) is 0 Å². The molecule has 98 valence electrons. The molecule has 0 heterocycles. The van der Waals surface area contributed by atoms with Gasteiger partial charge in [-0.15, -0.1) is 0 Å². The number of rotatable bonds is 1. The highest BCUT2D eigenvalue weighted by atomic mass is 14.4. The third kappa shape index (κ3) is 2.08. The smallest absolute Gasteiger partial charge is 0.00116 e. The molecule has 0 bridgehead atoms. The second-order valence-corrected chi connectivity index (χ2v) is 6.09. The van der Waals surface area contributed by atoms with Crippen molar-refractivity contribution in [1.82, 2.24) is 0 Å². The first-order valence-corrected chi connectivity index (χ1v) is 7.26. The summed E-state index contributed by atoms with van der Waals surface area (Å²) < 4.78 is 0. The lowest BCUT2D eigenvalue weighted by molar-refractivity contribution is 0.578. The van der Waals surface area contributed by atoms with Crippen molar-refractivity contribution in [3.8, 4) is 0 Å². The molecule has 1 aromatic rings. The minimum Gasteiger partial charge on any atom is -0.0808 e. The minimum atomic E-state index is 0.502. The molecule has 0 saturated heterocycles. The average molecular weight is 250 g/mol. The fourth-order valence-electron chi connectivity index (χ4n) is 3.67. The molecule has 1 fully saturated rings. The average Bonchev–Trinajstić information content (AvgIpc) is 2.79. The maximum atomic E-state index is 3.80. The summed E-state index contributed by atoms with van der Waals surface area (Å²) in [5.74, 6) is 1.69. The molecule has 0 nitrogen and oxygen atoms in total. The Hall–Kier alpha value is -1.30. The zero-order valence-corrected chi connectivity index (χ0v) is 12.3. The highest BCUT2D eigenvalue weighted by Crippen LogP contribution is 2.46. The summed E-state index contributed by atoms with van der Waals surface area (Å²) in [5, 5.41) is 0. The van der Waals surface area contributed by atoms with E-state index in [1.165, 1.54) is 34.2 Å². The number of hydrogen-bond acceptors (Lipinski definition) is 0. The lowest BCUT2D eigenvalue weighted by atomic mass is 9.85. The summed E-state index contributed by atoms with van der Waals surface area (Å²) in [4.78, 5) is 0. The van der Waals surface area contributed by atoms with Crippen LogP contribution in [0.25, 0.3) is 0 Å². The molecule has 0 N–H and O–H groups in total. The van der Waals surface area contributed by atoms with Crippen molar-refractivity contribution in [2.75, 3.05) is 0 Å². The van der Waals surface area contributed by atoms with E-state index in [9.17, 15) is 0 Å². The van der Waals surface area contributed by atoms with Gasteiger partial charge in [0.1, 0.15) is 0 Å². The van der Waals surface area contributed by atoms with E-state index in [4.69, 9.17) is 0 Å². The summed E-state index contributed by atoms with van der Waals surface area (Å²) in [6, 6.07) is 2.34. The predicted octanol–water partition coefficient (Wildman–Crippen LogP) is 4.85. The first-order chi connectivity index (χ1) is 9.08. The van der Waals surface area contributed by atoms with Crippen molar-refractivity contribution in [3.63, 3.8) is 0 Å². The fourth-order valence-corrected chi connectivity index (χ4v) is 3.67. The fraction of sp³-hybridized carbons (Fsp3) is 0.421. The van der Waals surface area contributed by atoms with Gasteiger partial charge in [-0.2, -0.15) is 0 Å². The molecule has 0 heteroatoms. The van der Waals surface area contributed by atoms with Crippen LogP contribution in [-0.2, 0) is 0 Å². The van der Waals surface area contributed by atoms with Gasteiger partial charge in [0.25, 0.3) is 0 Å². The van der Waals surface area contributed by atoms with Gasteiger partial charge in [0.2, 0.25) is 0 Å². The largest absolute Gasteiger partial charge is 0.0808 e. The number of benzene rings is 1. The second kappa shape index (κ2) is 4.67. The summed E-state index contributed by atoms with van der Waals surface area (Å²) in [6.45, 7) is 8.99. The van der Waals surface area contributed by atoms with Crippen molar-refractivity contribution in [1.29, 1.82) is 0 Å². The molecule has 19 heavy (non-hydrogen) atoms. The van der Waals surface area contributed by atoms with Gasteiger partial charge in [-0.1, -0.05) is 30.4 Å². The van der Waals surface area contributed by atoms with Crippen molar-refractivity contribution in [2.24, 2.45) is 11.8 Å². The lowest BCUT2D eigenvalue weighted by Crippen LogP contribution is -2.04. The quantitative estimate of drug-likeness (QED) is 0.668. The van der Waals surface area contributed by atoms with Crippen molar-refractivity contribution in [3.05, 3.63) is 64.6 Å². The molecule has 3 unspecified atom stereocenters. The molecule has 2 aliphatic carbocycles. The van der Waals surface area contributed by atoms with E-state index in [0.717, 1.165) is 0 Å². The Balaban J connectivity index is 1.98. The summed E-state index contributed by atoms with van der Waals surface area (Å²) in [7, 11) is 0. The Kier molecular flexibility index (Phi) is 3.12. The Morgan fingerprint density at radius 1 is 0.947 bits per heavy atom.